The summed E-state index contributed by atoms with van der Waals surface area (Å²) < 4.78 is 8.16. The number of thioether (sulfide) groups is 1. The second-order valence-electron chi connectivity index (χ2n) is 5.77. The van der Waals surface area contributed by atoms with E-state index in [2.05, 4.69) is 19.9 Å². The second-order valence-corrected chi connectivity index (χ2v) is 8.23. The lowest BCUT2D eigenvalue weighted by molar-refractivity contribution is 0.171. The first-order chi connectivity index (χ1) is 12.2. The summed E-state index contributed by atoms with van der Waals surface area (Å²) in [6.07, 6.45) is 5.68. The van der Waals surface area contributed by atoms with E-state index in [1.165, 1.54) is 0 Å². The predicted octanol–water partition coefficient (Wildman–Crippen LogP) is 4.51. The van der Waals surface area contributed by atoms with Gasteiger partial charge in [0.15, 0.2) is 15.8 Å². The Balaban J connectivity index is 1.47. The van der Waals surface area contributed by atoms with Crippen molar-refractivity contribution in [3.8, 4) is 5.75 Å². The highest BCUT2D eigenvalue weighted by molar-refractivity contribution is 8.00. The molecule has 0 saturated carbocycles. The molecule has 0 unspecified atom stereocenters. The Morgan fingerprint density at radius 2 is 2.04 bits per heavy atom. The average molecular weight is 393 g/mol. The predicted molar refractivity (Wildman–Crippen MR) is 104 cm³/mol. The molecular formula is C17H17ClN4OS2. The molecule has 0 spiro atoms. The van der Waals surface area contributed by atoms with E-state index in [0.717, 1.165) is 52.2 Å². The quantitative estimate of drug-likeness (QED) is 0.609. The van der Waals surface area contributed by atoms with Crippen LogP contribution in [0.1, 0.15) is 12.8 Å². The molecule has 3 aromatic rings. The topological polar surface area (TPSA) is 51.1 Å². The molecule has 5 nitrogen and oxygen atoms in total. The minimum atomic E-state index is 0.177. The summed E-state index contributed by atoms with van der Waals surface area (Å²) in [6.45, 7) is 1.79. The number of piperidine rings is 1. The molecule has 1 aromatic carbocycles. The molecule has 4 rings (SSSR count). The van der Waals surface area contributed by atoms with Crippen LogP contribution in [0.4, 0.5) is 5.82 Å². The summed E-state index contributed by atoms with van der Waals surface area (Å²) in [5, 5.41) is 0.664. The fraction of sp³-hybridized carbons (Fsp3) is 0.353. The molecule has 0 radical (unpaired) electrons. The number of thiazole rings is 1. The summed E-state index contributed by atoms with van der Waals surface area (Å²) in [5.41, 5.74) is 0.786. The Labute approximate surface area is 159 Å². The number of fused-ring (bicyclic) bond motifs is 1. The highest BCUT2D eigenvalue weighted by Gasteiger charge is 2.24. The van der Waals surface area contributed by atoms with Crippen molar-refractivity contribution in [2.45, 2.75) is 23.3 Å². The van der Waals surface area contributed by atoms with Gasteiger partial charge in [-0.3, -0.25) is 0 Å². The van der Waals surface area contributed by atoms with Crippen LogP contribution in [0, 0.1) is 0 Å². The zero-order valence-corrected chi connectivity index (χ0v) is 16.1. The van der Waals surface area contributed by atoms with Crippen LogP contribution in [0.5, 0.6) is 5.75 Å². The van der Waals surface area contributed by atoms with Gasteiger partial charge in [0.2, 0.25) is 0 Å². The van der Waals surface area contributed by atoms with E-state index in [0.29, 0.717) is 5.02 Å². The zero-order valence-electron chi connectivity index (χ0n) is 13.7. The van der Waals surface area contributed by atoms with Crippen molar-refractivity contribution in [3.63, 3.8) is 0 Å². The van der Waals surface area contributed by atoms with Crippen LogP contribution < -0.4 is 9.64 Å². The van der Waals surface area contributed by atoms with E-state index in [1.807, 2.05) is 30.5 Å². The molecule has 1 fully saturated rings. The largest absolute Gasteiger partial charge is 0.489 e. The highest BCUT2D eigenvalue weighted by Crippen LogP contribution is 2.34. The molecule has 1 saturated heterocycles. The fourth-order valence-corrected chi connectivity index (χ4v) is 4.65. The summed E-state index contributed by atoms with van der Waals surface area (Å²) in [5.74, 6) is 1.75. The molecule has 0 atom stereocenters. The molecule has 0 amide bonds. The maximum Gasteiger partial charge on any atom is 0.176 e. The summed E-state index contributed by atoms with van der Waals surface area (Å²) in [6, 6.07) is 7.64. The van der Waals surface area contributed by atoms with Crippen LogP contribution in [0.2, 0.25) is 5.02 Å². The Morgan fingerprint density at radius 1 is 1.24 bits per heavy atom. The van der Waals surface area contributed by atoms with Crippen LogP contribution in [-0.2, 0) is 0 Å². The van der Waals surface area contributed by atoms with Crippen molar-refractivity contribution in [1.29, 1.82) is 0 Å². The minimum Gasteiger partial charge on any atom is -0.489 e. The van der Waals surface area contributed by atoms with E-state index >= 15 is 0 Å². The Hall–Kier alpha value is -1.57. The van der Waals surface area contributed by atoms with Gasteiger partial charge >= 0.3 is 0 Å². The SMILES string of the molecule is CSc1nc2ncnc(N3CCC(Oc4ccccc4Cl)CC3)c2s1. The van der Waals surface area contributed by atoms with Gasteiger partial charge in [-0.05, 0) is 18.4 Å². The maximum atomic E-state index is 6.19. The molecule has 8 heteroatoms. The van der Waals surface area contributed by atoms with Gasteiger partial charge in [0.1, 0.15) is 22.9 Å². The average Bonchev–Trinajstić information content (AvgIpc) is 3.08. The third-order valence-electron chi connectivity index (χ3n) is 4.20. The standard InChI is InChI=1S/C17H17ClN4OS2/c1-24-17-21-15-14(25-17)16(20-10-19-15)22-8-6-11(7-9-22)23-13-5-3-2-4-12(13)18/h2-5,10-11H,6-9H2,1H3. The van der Waals surface area contributed by atoms with Gasteiger partial charge in [-0.15, -0.1) is 11.3 Å². The van der Waals surface area contributed by atoms with E-state index in [1.54, 1.807) is 29.4 Å². The number of halogens is 1. The number of hydrogen-bond donors (Lipinski definition) is 0. The van der Waals surface area contributed by atoms with Crippen molar-refractivity contribution in [2.75, 3.05) is 24.2 Å². The molecule has 3 heterocycles. The molecule has 130 valence electrons. The van der Waals surface area contributed by atoms with Gasteiger partial charge in [-0.1, -0.05) is 35.5 Å². The Kier molecular flexibility index (Phi) is 4.96. The molecule has 2 aromatic heterocycles. The van der Waals surface area contributed by atoms with Gasteiger partial charge in [0, 0.05) is 25.9 Å². The van der Waals surface area contributed by atoms with Gasteiger partial charge in [0.05, 0.1) is 5.02 Å². The number of aromatic nitrogens is 3. The minimum absolute atomic E-state index is 0.177. The van der Waals surface area contributed by atoms with Gasteiger partial charge in [-0.2, -0.15) is 0 Å². The molecule has 25 heavy (non-hydrogen) atoms. The van der Waals surface area contributed by atoms with Crippen LogP contribution in [-0.4, -0.2) is 40.4 Å². The van der Waals surface area contributed by atoms with Gasteiger partial charge in [-0.25, -0.2) is 15.0 Å². The first-order valence-electron chi connectivity index (χ1n) is 8.06. The smallest absolute Gasteiger partial charge is 0.176 e. The number of ether oxygens (including phenoxy) is 1. The third-order valence-corrected chi connectivity index (χ3v) is 6.54. The van der Waals surface area contributed by atoms with Gasteiger partial charge < -0.3 is 9.64 Å². The van der Waals surface area contributed by atoms with Crippen LogP contribution in [0.3, 0.4) is 0 Å². The highest BCUT2D eigenvalue weighted by atomic mass is 35.5. The Bertz CT molecular complexity index is 880. The lowest BCUT2D eigenvalue weighted by Crippen LogP contribution is -2.38. The van der Waals surface area contributed by atoms with Crippen molar-refractivity contribution in [2.24, 2.45) is 0 Å². The van der Waals surface area contributed by atoms with Crippen LogP contribution in [0.25, 0.3) is 10.3 Å². The van der Waals surface area contributed by atoms with E-state index in [9.17, 15) is 0 Å². The second kappa shape index (κ2) is 7.35. The first-order valence-corrected chi connectivity index (χ1v) is 10.5. The number of rotatable bonds is 4. The number of benzene rings is 1. The molecular weight excluding hydrogens is 376 g/mol. The first kappa shape index (κ1) is 16.9. The van der Waals surface area contributed by atoms with E-state index in [4.69, 9.17) is 16.3 Å². The fourth-order valence-electron chi connectivity index (χ4n) is 2.94. The lowest BCUT2D eigenvalue weighted by Gasteiger charge is -2.33. The number of anilines is 1. The normalized spacial score (nSPS) is 15.7. The number of para-hydroxylation sites is 1. The molecule has 0 bridgehead atoms. The molecule has 1 aliphatic rings. The van der Waals surface area contributed by atoms with Crippen molar-refractivity contribution in [3.05, 3.63) is 35.6 Å². The maximum absolute atomic E-state index is 6.19. The lowest BCUT2D eigenvalue weighted by atomic mass is 10.1. The summed E-state index contributed by atoms with van der Waals surface area (Å²) in [4.78, 5) is 15.6. The molecule has 1 aliphatic heterocycles. The number of nitrogens with zero attached hydrogens (tertiary/aromatic N) is 4. The number of hydrogen-bond acceptors (Lipinski definition) is 7. The third kappa shape index (κ3) is 3.54. The Morgan fingerprint density at radius 3 is 2.80 bits per heavy atom. The van der Waals surface area contributed by atoms with Crippen molar-refractivity contribution < 1.29 is 4.74 Å². The summed E-state index contributed by atoms with van der Waals surface area (Å²) >= 11 is 9.49. The molecule has 0 aliphatic carbocycles. The molecule has 0 N–H and O–H groups in total. The van der Waals surface area contributed by atoms with Crippen LogP contribution >= 0.6 is 34.7 Å². The summed E-state index contributed by atoms with van der Waals surface area (Å²) in [7, 11) is 0. The van der Waals surface area contributed by atoms with E-state index in [-0.39, 0.29) is 6.10 Å². The van der Waals surface area contributed by atoms with Crippen molar-refractivity contribution >= 4 is 50.9 Å². The monoisotopic (exact) mass is 392 g/mol. The van der Waals surface area contributed by atoms with Gasteiger partial charge in [0.25, 0.3) is 0 Å². The van der Waals surface area contributed by atoms with Crippen molar-refractivity contribution in [1.82, 2.24) is 15.0 Å². The zero-order chi connectivity index (χ0) is 17.2. The van der Waals surface area contributed by atoms with E-state index < -0.39 is 0 Å². The van der Waals surface area contributed by atoms with Crippen LogP contribution in [0.15, 0.2) is 34.9 Å².